The summed E-state index contributed by atoms with van der Waals surface area (Å²) < 4.78 is 29.1. The number of carbonyl (C=O) groups excluding carboxylic acids is 1. The number of carbonyl (C=O) groups is 1. The van der Waals surface area contributed by atoms with Gasteiger partial charge in [-0.3, -0.25) is 9.48 Å². The fraction of sp³-hybridized carbons (Fsp3) is 0.455. The molecule has 0 aliphatic carbocycles. The third-order valence-electron chi connectivity index (χ3n) is 5.42. The number of hydrogen-bond acceptors (Lipinski definition) is 5. The second kappa shape index (κ2) is 10.1. The number of benzene rings is 1. The molecule has 2 aromatic rings. The summed E-state index contributed by atoms with van der Waals surface area (Å²) in [6, 6.07) is 5.02. The zero-order valence-electron chi connectivity index (χ0n) is 18.4. The van der Waals surface area contributed by atoms with Gasteiger partial charge in [0.1, 0.15) is 0 Å². The summed E-state index contributed by atoms with van der Waals surface area (Å²) in [5.74, 6) is -0.320. The van der Waals surface area contributed by atoms with Gasteiger partial charge < -0.3 is 10.2 Å². The molecule has 1 fully saturated rings. The first kappa shape index (κ1) is 23.0. The minimum Gasteiger partial charge on any atom is -0.370 e. The molecular weight excluding hydrogens is 414 g/mol. The highest BCUT2D eigenvalue weighted by Gasteiger charge is 2.24. The number of sulfonamides is 1. The molecule has 0 bridgehead atoms. The molecule has 0 radical (unpaired) electrons. The number of anilines is 2. The fourth-order valence-electron chi connectivity index (χ4n) is 3.77. The van der Waals surface area contributed by atoms with Gasteiger partial charge in [0.05, 0.1) is 22.5 Å². The Kier molecular flexibility index (Phi) is 7.50. The number of hydrogen-bond donors (Lipinski definition) is 1. The Morgan fingerprint density at radius 3 is 2.52 bits per heavy atom. The number of nitrogens with one attached hydrogen (secondary N) is 1. The van der Waals surface area contributed by atoms with Crippen molar-refractivity contribution in [3.63, 3.8) is 0 Å². The summed E-state index contributed by atoms with van der Waals surface area (Å²) in [5.41, 5.74) is 2.17. The molecule has 0 spiro atoms. The van der Waals surface area contributed by atoms with E-state index in [-0.39, 0.29) is 10.8 Å². The second-order valence-electron chi connectivity index (χ2n) is 7.59. The Morgan fingerprint density at radius 2 is 1.90 bits per heavy atom. The van der Waals surface area contributed by atoms with Crippen molar-refractivity contribution in [2.75, 3.05) is 36.4 Å². The van der Waals surface area contributed by atoms with E-state index in [4.69, 9.17) is 0 Å². The van der Waals surface area contributed by atoms with Crippen LogP contribution >= 0.6 is 0 Å². The predicted molar refractivity (Wildman–Crippen MR) is 123 cm³/mol. The third-order valence-corrected chi connectivity index (χ3v) is 7.46. The smallest absolute Gasteiger partial charge is 0.248 e. The van der Waals surface area contributed by atoms with E-state index in [0.29, 0.717) is 18.8 Å². The zero-order valence-corrected chi connectivity index (χ0v) is 19.2. The molecule has 31 heavy (non-hydrogen) atoms. The van der Waals surface area contributed by atoms with Crippen molar-refractivity contribution in [2.45, 2.75) is 38.0 Å². The van der Waals surface area contributed by atoms with Gasteiger partial charge in [-0.15, -0.1) is 0 Å². The van der Waals surface area contributed by atoms with E-state index in [1.165, 1.54) is 16.8 Å². The summed E-state index contributed by atoms with van der Waals surface area (Å²) in [6.07, 6.45) is 9.92. The van der Waals surface area contributed by atoms with E-state index in [0.717, 1.165) is 37.2 Å². The van der Waals surface area contributed by atoms with Gasteiger partial charge in [0.15, 0.2) is 0 Å². The zero-order chi connectivity index (χ0) is 22.4. The maximum atomic E-state index is 13.0. The summed E-state index contributed by atoms with van der Waals surface area (Å²) in [6.45, 7) is 6.18. The summed E-state index contributed by atoms with van der Waals surface area (Å²) in [7, 11) is -1.82. The average Bonchev–Trinajstić information content (AvgIpc) is 3.18. The van der Waals surface area contributed by atoms with Crippen molar-refractivity contribution in [3.05, 3.63) is 42.2 Å². The third kappa shape index (κ3) is 5.54. The molecule has 0 unspecified atom stereocenters. The molecule has 1 saturated heterocycles. The Labute approximate surface area is 184 Å². The van der Waals surface area contributed by atoms with Crippen molar-refractivity contribution < 1.29 is 13.2 Å². The van der Waals surface area contributed by atoms with Crippen molar-refractivity contribution in [2.24, 2.45) is 7.05 Å². The van der Waals surface area contributed by atoms with Gasteiger partial charge in [-0.2, -0.15) is 9.40 Å². The first-order valence-electron chi connectivity index (χ1n) is 10.7. The number of piperidine rings is 1. The van der Waals surface area contributed by atoms with Crippen LogP contribution in [-0.4, -0.2) is 54.6 Å². The predicted octanol–water partition coefficient (Wildman–Crippen LogP) is 3.09. The number of amides is 1. The highest BCUT2D eigenvalue weighted by atomic mass is 32.2. The SMILES string of the molecule is CCN(CC)S(=O)(=O)c1ccc(N2CCCCC2)c(NC(=O)/C=C/c2cnn(C)c2)c1. The van der Waals surface area contributed by atoms with Crippen LogP contribution in [0.25, 0.3) is 6.08 Å². The molecule has 2 heterocycles. The normalized spacial score (nSPS) is 15.0. The number of nitrogens with zero attached hydrogens (tertiary/aromatic N) is 4. The first-order chi connectivity index (χ1) is 14.8. The van der Waals surface area contributed by atoms with Gasteiger partial charge >= 0.3 is 0 Å². The van der Waals surface area contributed by atoms with Gasteiger partial charge in [-0.05, 0) is 43.5 Å². The highest BCUT2D eigenvalue weighted by Crippen LogP contribution is 2.32. The summed E-state index contributed by atoms with van der Waals surface area (Å²) in [5, 5.41) is 6.98. The van der Waals surface area contributed by atoms with Crippen LogP contribution in [-0.2, 0) is 21.9 Å². The summed E-state index contributed by atoms with van der Waals surface area (Å²) >= 11 is 0. The quantitative estimate of drug-likeness (QED) is 0.631. The van der Waals surface area contributed by atoms with Crippen LogP contribution in [0, 0.1) is 0 Å². The molecule has 1 N–H and O–H groups in total. The van der Waals surface area contributed by atoms with E-state index < -0.39 is 10.0 Å². The van der Waals surface area contributed by atoms with E-state index >= 15 is 0 Å². The Balaban J connectivity index is 1.91. The molecule has 1 amide bonds. The van der Waals surface area contributed by atoms with Crippen molar-refractivity contribution in [3.8, 4) is 0 Å². The maximum absolute atomic E-state index is 13.0. The van der Waals surface area contributed by atoms with Gasteiger partial charge in [0.2, 0.25) is 15.9 Å². The van der Waals surface area contributed by atoms with Crippen LogP contribution in [0.5, 0.6) is 0 Å². The molecule has 168 valence electrons. The van der Waals surface area contributed by atoms with Gasteiger partial charge in [0.25, 0.3) is 0 Å². The molecule has 0 atom stereocenters. The van der Waals surface area contributed by atoms with Crippen LogP contribution in [0.3, 0.4) is 0 Å². The lowest BCUT2D eigenvalue weighted by atomic mass is 10.1. The van der Waals surface area contributed by atoms with Crippen molar-refractivity contribution in [1.82, 2.24) is 14.1 Å². The minimum absolute atomic E-state index is 0.184. The van der Waals surface area contributed by atoms with Crippen LogP contribution in [0.2, 0.25) is 0 Å². The lowest BCUT2D eigenvalue weighted by molar-refractivity contribution is -0.111. The highest BCUT2D eigenvalue weighted by molar-refractivity contribution is 7.89. The monoisotopic (exact) mass is 445 g/mol. The Bertz CT molecular complexity index is 1040. The average molecular weight is 446 g/mol. The molecule has 1 aliphatic heterocycles. The van der Waals surface area contributed by atoms with Crippen LogP contribution in [0.4, 0.5) is 11.4 Å². The molecule has 0 saturated carbocycles. The lowest BCUT2D eigenvalue weighted by Gasteiger charge is -2.31. The first-order valence-corrected chi connectivity index (χ1v) is 12.2. The maximum Gasteiger partial charge on any atom is 0.248 e. The molecule has 9 heteroatoms. The molecule has 1 aromatic carbocycles. The van der Waals surface area contributed by atoms with Crippen LogP contribution in [0.15, 0.2) is 41.6 Å². The number of aromatic nitrogens is 2. The Morgan fingerprint density at radius 1 is 1.19 bits per heavy atom. The number of aryl methyl sites for hydroxylation is 1. The van der Waals surface area contributed by atoms with Crippen molar-refractivity contribution >= 4 is 33.4 Å². The molecule has 8 nitrogen and oxygen atoms in total. The van der Waals surface area contributed by atoms with Gasteiger partial charge in [-0.1, -0.05) is 13.8 Å². The molecule has 1 aromatic heterocycles. The van der Waals surface area contributed by atoms with Gasteiger partial charge in [-0.25, -0.2) is 8.42 Å². The fourth-order valence-corrected chi connectivity index (χ4v) is 5.26. The van der Waals surface area contributed by atoms with E-state index in [1.54, 1.807) is 35.3 Å². The van der Waals surface area contributed by atoms with Crippen LogP contribution < -0.4 is 10.2 Å². The largest absolute Gasteiger partial charge is 0.370 e. The molecule has 1 aliphatic rings. The van der Waals surface area contributed by atoms with E-state index in [9.17, 15) is 13.2 Å². The molecule has 3 rings (SSSR count). The molecular formula is C22H31N5O3S. The Hall–Kier alpha value is -2.65. The topological polar surface area (TPSA) is 87.5 Å². The second-order valence-corrected chi connectivity index (χ2v) is 9.52. The summed E-state index contributed by atoms with van der Waals surface area (Å²) in [4.78, 5) is 15.0. The minimum atomic E-state index is -3.63. The van der Waals surface area contributed by atoms with Crippen molar-refractivity contribution in [1.29, 1.82) is 0 Å². The standard InChI is InChI=1S/C22H31N5O3S/c1-4-27(5-2)31(29,30)19-10-11-21(26-13-7-6-8-14-26)20(15-19)24-22(28)12-9-18-16-23-25(3)17-18/h9-12,15-17H,4-8,13-14H2,1-3H3,(H,24,28)/b12-9+. The van der Waals surface area contributed by atoms with Crippen LogP contribution in [0.1, 0.15) is 38.7 Å². The van der Waals surface area contributed by atoms with E-state index in [2.05, 4.69) is 15.3 Å². The van der Waals surface area contributed by atoms with E-state index in [1.807, 2.05) is 27.0 Å². The lowest BCUT2D eigenvalue weighted by Crippen LogP contribution is -2.32. The van der Waals surface area contributed by atoms with Gasteiger partial charge in [0, 0.05) is 51.1 Å². The number of rotatable bonds is 8.